The van der Waals surface area contributed by atoms with Crippen LogP contribution in [0.5, 0.6) is 0 Å². The van der Waals surface area contributed by atoms with Gasteiger partial charge in [0.05, 0.1) is 21.7 Å². The van der Waals surface area contributed by atoms with Gasteiger partial charge in [0.1, 0.15) is 5.69 Å². The number of hydrogen-bond acceptors (Lipinski definition) is 5. The molecule has 2 aromatic carbocycles. The summed E-state index contributed by atoms with van der Waals surface area (Å²) in [6.45, 7) is 0. The van der Waals surface area contributed by atoms with Crippen molar-refractivity contribution in [2.75, 3.05) is 5.32 Å². The van der Waals surface area contributed by atoms with Crippen LogP contribution in [0.25, 0.3) is 22.3 Å². The predicted octanol–water partition coefficient (Wildman–Crippen LogP) is 4.92. The Labute approximate surface area is 179 Å². The zero-order chi connectivity index (χ0) is 20.4. The highest BCUT2D eigenvalue weighted by Crippen LogP contribution is 2.32. The number of nitrogens with zero attached hydrogens (tertiary/aromatic N) is 2. The lowest BCUT2D eigenvalue weighted by Gasteiger charge is -2.03. The second-order valence-electron chi connectivity index (χ2n) is 6.24. The average Bonchev–Trinajstić information content (AvgIpc) is 3.14. The van der Waals surface area contributed by atoms with Gasteiger partial charge in [-0.2, -0.15) is 0 Å². The summed E-state index contributed by atoms with van der Waals surface area (Å²) < 4.78 is 0. The summed E-state index contributed by atoms with van der Waals surface area (Å²) >= 11 is 13.4. The Balaban J connectivity index is 1.42. The van der Waals surface area contributed by atoms with Crippen LogP contribution >= 0.6 is 34.5 Å². The molecular formula is C20H14Cl2N4O2S. The first-order valence-corrected chi connectivity index (χ1v) is 10.3. The minimum atomic E-state index is -0.287. The molecule has 4 aromatic rings. The van der Waals surface area contributed by atoms with Crippen molar-refractivity contribution in [2.45, 2.75) is 12.8 Å². The van der Waals surface area contributed by atoms with Gasteiger partial charge < -0.3 is 10.3 Å². The minimum absolute atomic E-state index is 0.116. The molecule has 9 heteroatoms. The summed E-state index contributed by atoms with van der Waals surface area (Å²) in [4.78, 5) is 36.0. The molecule has 0 saturated heterocycles. The molecule has 0 fully saturated rings. The van der Waals surface area contributed by atoms with Crippen molar-refractivity contribution in [3.8, 4) is 11.3 Å². The topological polar surface area (TPSA) is 87.7 Å². The number of carbonyl (C=O) groups excluding carboxylic acids is 1. The lowest BCUT2D eigenvalue weighted by atomic mass is 10.2. The van der Waals surface area contributed by atoms with Crippen molar-refractivity contribution >= 4 is 56.6 Å². The zero-order valence-electron chi connectivity index (χ0n) is 14.9. The average molecular weight is 445 g/mol. The second-order valence-corrected chi connectivity index (χ2v) is 7.94. The van der Waals surface area contributed by atoms with Crippen LogP contribution in [-0.4, -0.2) is 20.9 Å². The van der Waals surface area contributed by atoms with Gasteiger partial charge in [-0.15, -0.1) is 11.3 Å². The Morgan fingerprint density at radius 3 is 2.79 bits per heavy atom. The van der Waals surface area contributed by atoms with Crippen LogP contribution in [0.1, 0.15) is 12.1 Å². The van der Waals surface area contributed by atoms with E-state index in [9.17, 15) is 9.59 Å². The van der Waals surface area contributed by atoms with E-state index in [1.807, 2.05) is 18.2 Å². The van der Waals surface area contributed by atoms with Gasteiger partial charge in [0, 0.05) is 28.8 Å². The van der Waals surface area contributed by atoms with E-state index in [-0.39, 0.29) is 24.3 Å². The molecule has 1 amide bonds. The Bertz CT molecular complexity index is 1270. The van der Waals surface area contributed by atoms with Crippen LogP contribution in [0.2, 0.25) is 10.0 Å². The number of halogens is 2. The van der Waals surface area contributed by atoms with Gasteiger partial charge in [-0.3, -0.25) is 9.59 Å². The molecule has 2 heterocycles. The number of anilines is 1. The van der Waals surface area contributed by atoms with Crippen molar-refractivity contribution in [1.82, 2.24) is 15.0 Å². The lowest BCUT2D eigenvalue weighted by Crippen LogP contribution is -2.18. The largest absolute Gasteiger partial charge is 0.319 e. The lowest BCUT2D eigenvalue weighted by molar-refractivity contribution is -0.116. The summed E-state index contributed by atoms with van der Waals surface area (Å²) in [5.74, 6) is -0.248. The van der Waals surface area contributed by atoms with Crippen LogP contribution in [-0.2, 0) is 11.2 Å². The molecule has 0 aliphatic carbocycles. The van der Waals surface area contributed by atoms with Gasteiger partial charge in [0.25, 0.3) is 5.56 Å². The van der Waals surface area contributed by atoms with E-state index in [2.05, 4.69) is 20.3 Å². The molecule has 0 radical (unpaired) electrons. The molecule has 2 aromatic heterocycles. The van der Waals surface area contributed by atoms with Crippen LogP contribution in [0.15, 0.2) is 52.6 Å². The van der Waals surface area contributed by atoms with Crippen molar-refractivity contribution < 1.29 is 4.79 Å². The third-order valence-corrected chi connectivity index (χ3v) is 5.52. The number of para-hydroxylation sites is 2. The van der Waals surface area contributed by atoms with Gasteiger partial charge in [-0.1, -0.05) is 35.3 Å². The van der Waals surface area contributed by atoms with E-state index >= 15 is 0 Å². The number of aromatic amines is 1. The number of amides is 1. The van der Waals surface area contributed by atoms with E-state index in [0.29, 0.717) is 37.6 Å². The van der Waals surface area contributed by atoms with E-state index in [0.717, 1.165) is 5.56 Å². The number of H-pyrrole nitrogens is 1. The summed E-state index contributed by atoms with van der Waals surface area (Å²) in [5.41, 5.74) is 2.78. The van der Waals surface area contributed by atoms with E-state index in [1.165, 1.54) is 11.3 Å². The summed E-state index contributed by atoms with van der Waals surface area (Å²) in [6.07, 6.45) is 0.346. The Kier molecular flexibility index (Phi) is 5.62. The SMILES string of the molecule is O=C(CCc1nc2ccccc2[nH]c1=O)Nc1nc(-c2ccc(Cl)cc2Cl)cs1. The predicted molar refractivity (Wildman–Crippen MR) is 117 cm³/mol. The molecule has 0 atom stereocenters. The second kappa shape index (κ2) is 8.32. The quantitative estimate of drug-likeness (QED) is 0.456. The minimum Gasteiger partial charge on any atom is -0.319 e. The molecule has 4 rings (SSSR count). The Morgan fingerprint density at radius 2 is 1.97 bits per heavy atom. The zero-order valence-corrected chi connectivity index (χ0v) is 17.2. The number of fused-ring (bicyclic) bond motifs is 1. The van der Waals surface area contributed by atoms with Crippen molar-refractivity contribution in [3.63, 3.8) is 0 Å². The summed E-state index contributed by atoms with van der Waals surface area (Å²) in [5, 5.41) is 6.04. The number of nitrogens with one attached hydrogen (secondary N) is 2. The monoisotopic (exact) mass is 444 g/mol. The molecule has 146 valence electrons. The van der Waals surface area contributed by atoms with E-state index in [1.54, 1.807) is 29.6 Å². The maximum Gasteiger partial charge on any atom is 0.270 e. The van der Waals surface area contributed by atoms with Gasteiger partial charge in [-0.25, -0.2) is 9.97 Å². The molecule has 0 spiro atoms. The van der Waals surface area contributed by atoms with E-state index < -0.39 is 0 Å². The van der Waals surface area contributed by atoms with Crippen LogP contribution in [0.4, 0.5) is 5.13 Å². The Hall–Kier alpha value is -2.74. The molecule has 2 N–H and O–H groups in total. The first kappa shape index (κ1) is 19.6. The Morgan fingerprint density at radius 1 is 1.14 bits per heavy atom. The number of thiazole rings is 1. The van der Waals surface area contributed by atoms with Crippen molar-refractivity contribution in [1.29, 1.82) is 0 Å². The van der Waals surface area contributed by atoms with Gasteiger partial charge in [-0.05, 0) is 30.3 Å². The fourth-order valence-corrected chi connectivity index (χ4v) is 4.03. The van der Waals surface area contributed by atoms with Crippen molar-refractivity contribution in [2.24, 2.45) is 0 Å². The molecule has 29 heavy (non-hydrogen) atoms. The highest BCUT2D eigenvalue weighted by molar-refractivity contribution is 7.14. The van der Waals surface area contributed by atoms with Crippen LogP contribution in [0, 0.1) is 0 Å². The molecule has 0 aliphatic heterocycles. The fraction of sp³-hybridized carbons (Fsp3) is 0.100. The summed E-state index contributed by atoms with van der Waals surface area (Å²) in [7, 11) is 0. The maximum atomic E-state index is 12.3. The number of carbonyl (C=O) groups is 1. The number of rotatable bonds is 5. The maximum absolute atomic E-state index is 12.3. The van der Waals surface area contributed by atoms with Crippen molar-refractivity contribution in [3.05, 3.63) is 73.9 Å². The normalized spacial score (nSPS) is 11.0. The number of benzene rings is 2. The van der Waals surface area contributed by atoms with Gasteiger partial charge in [0.15, 0.2) is 5.13 Å². The third-order valence-electron chi connectivity index (χ3n) is 4.22. The first-order chi connectivity index (χ1) is 14.0. The van der Waals surface area contributed by atoms with Crippen LogP contribution < -0.4 is 10.9 Å². The molecular weight excluding hydrogens is 431 g/mol. The molecule has 0 unspecified atom stereocenters. The third kappa shape index (κ3) is 4.48. The molecule has 0 aliphatic rings. The number of aryl methyl sites for hydroxylation is 1. The highest BCUT2D eigenvalue weighted by Gasteiger charge is 2.12. The smallest absolute Gasteiger partial charge is 0.270 e. The number of aromatic nitrogens is 3. The fourth-order valence-electron chi connectivity index (χ4n) is 2.80. The molecule has 0 saturated carbocycles. The molecule has 6 nitrogen and oxygen atoms in total. The highest BCUT2D eigenvalue weighted by atomic mass is 35.5. The van der Waals surface area contributed by atoms with Gasteiger partial charge in [0.2, 0.25) is 5.91 Å². The standard InChI is InChI=1S/C20H14Cl2N4O2S/c21-11-5-6-12(13(22)9-11)17-10-29-20(25-17)26-18(27)8-7-16-19(28)24-15-4-2-1-3-14(15)23-16/h1-6,9-10H,7-8H2,(H,24,28)(H,25,26,27). The van der Waals surface area contributed by atoms with Gasteiger partial charge >= 0.3 is 0 Å². The van der Waals surface area contributed by atoms with E-state index in [4.69, 9.17) is 23.2 Å². The molecule has 0 bridgehead atoms. The summed E-state index contributed by atoms with van der Waals surface area (Å²) in [6, 6.07) is 12.4. The van der Waals surface area contributed by atoms with Crippen LogP contribution in [0.3, 0.4) is 0 Å². The first-order valence-electron chi connectivity index (χ1n) is 8.68. The number of hydrogen-bond donors (Lipinski definition) is 2.